The van der Waals surface area contributed by atoms with Crippen LogP contribution in [-0.2, 0) is 15.6 Å². The van der Waals surface area contributed by atoms with Gasteiger partial charge >= 0.3 is 0 Å². The second kappa shape index (κ2) is 5.30. The van der Waals surface area contributed by atoms with Gasteiger partial charge in [-0.1, -0.05) is 22.0 Å². The maximum atomic E-state index is 12.3. The first-order valence-corrected chi connectivity index (χ1v) is 8.03. The Morgan fingerprint density at radius 3 is 2.63 bits per heavy atom. The van der Waals surface area contributed by atoms with Gasteiger partial charge in [-0.2, -0.15) is 0 Å². The van der Waals surface area contributed by atoms with Crippen molar-refractivity contribution in [3.05, 3.63) is 52.3 Å². The summed E-state index contributed by atoms with van der Waals surface area (Å²) in [4.78, 5) is 4.34. The molecule has 2 rings (SSSR count). The first kappa shape index (κ1) is 14.0. The van der Waals surface area contributed by atoms with E-state index in [9.17, 15) is 8.42 Å². The van der Waals surface area contributed by atoms with Crippen LogP contribution in [0.25, 0.3) is 0 Å². The fraction of sp³-hybridized carbons (Fsp3) is 0.154. The highest BCUT2D eigenvalue weighted by Crippen LogP contribution is 2.25. The Labute approximate surface area is 120 Å². The Morgan fingerprint density at radius 2 is 2.00 bits per heavy atom. The zero-order valence-electron chi connectivity index (χ0n) is 10.3. The molecule has 19 heavy (non-hydrogen) atoms. The van der Waals surface area contributed by atoms with Crippen LogP contribution in [0.5, 0.6) is 0 Å². The van der Waals surface area contributed by atoms with Crippen molar-refractivity contribution < 1.29 is 8.42 Å². The van der Waals surface area contributed by atoms with E-state index in [4.69, 9.17) is 5.73 Å². The number of nitrogen functional groups attached to an aromatic ring is 1. The third kappa shape index (κ3) is 3.33. The molecule has 0 aliphatic heterocycles. The summed E-state index contributed by atoms with van der Waals surface area (Å²) in [5.41, 5.74) is 7.30. The molecule has 0 fully saturated rings. The van der Waals surface area contributed by atoms with E-state index < -0.39 is 9.84 Å². The molecule has 2 N–H and O–H groups in total. The van der Waals surface area contributed by atoms with Crippen LogP contribution in [0.1, 0.15) is 11.4 Å². The molecule has 2 aromatic rings. The molecule has 0 atom stereocenters. The molecule has 6 heteroatoms. The molecule has 0 radical (unpaired) electrons. The molecule has 1 aromatic carbocycles. The summed E-state index contributed by atoms with van der Waals surface area (Å²) in [7, 11) is -3.49. The quantitative estimate of drug-likeness (QED) is 0.872. The number of aromatic nitrogens is 1. The fourth-order valence-corrected chi connectivity index (χ4v) is 3.53. The second-order valence-electron chi connectivity index (χ2n) is 4.21. The third-order valence-corrected chi connectivity index (χ3v) is 4.80. The SMILES string of the molecule is Cc1cccc(CS(=O)(=O)c2ccc(Br)cc2N)n1. The van der Waals surface area contributed by atoms with E-state index in [1.807, 2.05) is 13.0 Å². The second-order valence-corrected chi connectivity index (χ2v) is 7.09. The van der Waals surface area contributed by atoms with Crippen molar-refractivity contribution in [2.45, 2.75) is 17.6 Å². The number of nitrogens with zero attached hydrogens (tertiary/aromatic N) is 1. The molecule has 0 saturated heterocycles. The maximum Gasteiger partial charge on any atom is 0.186 e. The number of halogens is 1. The van der Waals surface area contributed by atoms with Crippen molar-refractivity contribution >= 4 is 31.5 Å². The van der Waals surface area contributed by atoms with E-state index >= 15 is 0 Å². The van der Waals surface area contributed by atoms with Gasteiger partial charge in [-0.15, -0.1) is 0 Å². The predicted octanol–water partition coefficient (Wildman–Crippen LogP) is 2.71. The average Bonchev–Trinajstić information content (AvgIpc) is 2.27. The van der Waals surface area contributed by atoms with Gasteiger partial charge in [-0.25, -0.2) is 8.42 Å². The molecule has 0 spiro atoms. The van der Waals surface area contributed by atoms with E-state index in [-0.39, 0.29) is 16.3 Å². The standard InChI is InChI=1S/C13H13BrN2O2S/c1-9-3-2-4-11(16-9)8-19(17,18)13-6-5-10(14)7-12(13)15/h2-7H,8,15H2,1H3. The first-order chi connectivity index (χ1) is 8.88. The minimum absolute atomic E-state index is 0.138. The summed E-state index contributed by atoms with van der Waals surface area (Å²) in [6.45, 7) is 1.82. The molecule has 0 amide bonds. The number of pyridine rings is 1. The molecule has 0 aliphatic rings. The van der Waals surface area contributed by atoms with Crippen molar-refractivity contribution in [2.75, 3.05) is 5.73 Å². The Balaban J connectivity index is 2.38. The summed E-state index contributed by atoms with van der Waals surface area (Å²) in [5.74, 6) is -0.152. The molecule has 0 aliphatic carbocycles. The summed E-state index contributed by atoms with van der Waals surface area (Å²) in [6.07, 6.45) is 0. The number of hydrogen-bond acceptors (Lipinski definition) is 4. The zero-order chi connectivity index (χ0) is 14.0. The van der Waals surface area contributed by atoms with Crippen LogP contribution in [0.3, 0.4) is 0 Å². The number of benzene rings is 1. The van der Waals surface area contributed by atoms with Crippen LogP contribution in [0.2, 0.25) is 0 Å². The lowest BCUT2D eigenvalue weighted by Gasteiger charge is -2.08. The fourth-order valence-electron chi connectivity index (χ4n) is 1.75. The summed E-state index contributed by atoms with van der Waals surface area (Å²) < 4.78 is 25.4. The molecular weight excluding hydrogens is 328 g/mol. The monoisotopic (exact) mass is 340 g/mol. The van der Waals surface area contributed by atoms with Crippen molar-refractivity contribution in [2.24, 2.45) is 0 Å². The van der Waals surface area contributed by atoms with Crippen LogP contribution in [0, 0.1) is 6.92 Å². The lowest BCUT2D eigenvalue weighted by Crippen LogP contribution is -2.09. The van der Waals surface area contributed by atoms with Gasteiger partial charge in [-0.3, -0.25) is 4.98 Å². The van der Waals surface area contributed by atoms with Crippen molar-refractivity contribution in [3.63, 3.8) is 0 Å². The Bertz CT molecular complexity index is 714. The summed E-state index contributed by atoms with van der Waals surface area (Å²) in [6, 6.07) is 10.1. The number of rotatable bonds is 3. The maximum absolute atomic E-state index is 12.3. The number of anilines is 1. The molecule has 0 saturated carbocycles. The van der Waals surface area contributed by atoms with Crippen LogP contribution in [0.4, 0.5) is 5.69 Å². The molecule has 0 unspecified atom stereocenters. The first-order valence-electron chi connectivity index (χ1n) is 5.59. The molecule has 1 aromatic heterocycles. The number of sulfone groups is 1. The van der Waals surface area contributed by atoms with Crippen molar-refractivity contribution in [1.29, 1.82) is 0 Å². The zero-order valence-corrected chi connectivity index (χ0v) is 12.7. The Kier molecular flexibility index (Phi) is 3.91. The van der Waals surface area contributed by atoms with E-state index in [1.54, 1.807) is 24.3 Å². The van der Waals surface area contributed by atoms with Gasteiger partial charge in [0.2, 0.25) is 0 Å². The minimum Gasteiger partial charge on any atom is -0.398 e. The van der Waals surface area contributed by atoms with Gasteiger partial charge < -0.3 is 5.73 Å². The molecule has 1 heterocycles. The van der Waals surface area contributed by atoms with Crippen LogP contribution in [0.15, 0.2) is 45.8 Å². The van der Waals surface area contributed by atoms with E-state index in [2.05, 4.69) is 20.9 Å². The van der Waals surface area contributed by atoms with E-state index in [1.165, 1.54) is 6.07 Å². The highest BCUT2D eigenvalue weighted by molar-refractivity contribution is 9.10. The predicted molar refractivity (Wildman–Crippen MR) is 78.4 cm³/mol. The molecule has 4 nitrogen and oxygen atoms in total. The smallest absolute Gasteiger partial charge is 0.186 e. The summed E-state index contributed by atoms with van der Waals surface area (Å²) >= 11 is 3.25. The molecule has 0 bridgehead atoms. The van der Waals surface area contributed by atoms with Crippen LogP contribution < -0.4 is 5.73 Å². The topological polar surface area (TPSA) is 73.0 Å². The summed E-state index contributed by atoms with van der Waals surface area (Å²) in [5, 5.41) is 0. The van der Waals surface area contributed by atoms with E-state index in [0.717, 1.165) is 10.2 Å². The third-order valence-electron chi connectivity index (χ3n) is 2.59. The Hall–Kier alpha value is -1.40. The van der Waals surface area contributed by atoms with E-state index in [0.29, 0.717) is 5.69 Å². The van der Waals surface area contributed by atoms with Crippen molar-refractivity contribution in [1.82, 2.24) is 4.98 Å². The van der Waals surface area contributed by atoms with Gasteiger partial charge in [0.05, 0.1) is 22.0 Å². The van der Waals surface area contributed by atoms with Crippen LogP contribution >= 0.6 is 15.9 Å². The van der Waals surface area contributed by atoms with Gasteiger partial charge in [0, 0.05) is 10.2 Å². The van der Waals surface area contributed by atoms with Gasteiger partial charge in [-0.05, 0) is 37.3 Å². The lowest BCUT2D eigenvalue weighted by molar-refractivity contribution is 0.595. The average molecular weight is 341 g/mol. The molecule has 100 valence electrons. The minimum atomic E-state index is -3.49. The number of hydrogen-bond donors (Lipinski definition) is 1. The number of nitrogens with two attached hydrogens (primary N) is 1. The van der Waals surface area contributed by atoms with Gasteiger partial charge in [0.25, 0.3) is 0 Å². The molecular formula is C13H13BrN2O2S. The highest BCUT2D eigenvalue weighted by atomic mass is 79.9. The van der Waals surface area contributed by atoms with Gasteiger partial charge in [0.1, 0.15) is 0 Å². The van der Waals surface area contributed by atoms with Crippen LogP contribution in [-0.4, -0.2) is 13.4 Å². The highest BCUT2D eigenvalue weighted by Gasteiger charge is 2.19. The number of aryl methyl sites for hydroxylation is 1. The largest absolute Gasteiger partial charge is 0.398 e. The van der Waals surface area contributed by atoms with Crippen molar-refractivity contribution in [3.8, 4) is 0 Å². The Morgan fingerprint density at radius 1 is 1.26 bits per heavy atom. The van der Waals surface area contributed by atoms with Gasteiger partial charge in [0.15, 0.2) is 9.84 Å². The normalized spacial score (nSPS) is 11.5. The lowest BCUT2D eigenvalue weighted by atomic mass is 10.3.